The van der Waals surface area contributed by atoms with Crippen LogP contribution in [-0.4, -0.2) is 53.3 Å². The van der Waals surface area contributed by atoms with Gasteiger partial charge in [-0.1, -0.05) is 6.92 Å². The molecule has 130 valence electrons. The molecule has 0 unspecified atom stereocenters. The number of amides is 1. The topological polar surface area (TPSA) is 70.2 Å². The maximum atomic E-state index is 11.4. The van der Waals surface area contributed by atoms with Gasteiger partial charge in [-0.2, -0.15) is 5.10 Å². The lowest BCUT2D eigenvalue weighted by Gasteiger charge is -2.31. The number of aromatic nitrogens is 2. The number of likely N-dealkylation sites (tertiary alicyclic amines) is 1. The third-order valence-electron chi connectivity index (χ3n) is 4.60. The molecule has 1 fully saturated rings. The number of hydrogen-bond acceptors (Lipinski definition) is 4. The van der Waals surface area contributed by atoms with E-state index < -0.39 is 0 Å². The molecule has 2 heterocycles. The van der Waals surface area contributed by atoms with Crippen molar-refractivity contribution in [2.24, 2.45) is 0 Å². The maximum absolute atomic E-state index is 11.4. The zero-order valence-corrected chi connectivity index (χ0v) is 14.5. The predicted octanol–water partition coefficient (Wildman–Crippen LogP) is 2.10. The molecule has 0 saturated carbocycles. The molecule has 0 atom stereocenters. The van der Waals surface area contributed by atoms with Crippen molar-refractivity contribution in [3.63, 3.8) is 0 Å². The monoisotopic (exact) mass is 330 g/mol. The van der Waals surface area contributed by atoms with Crippen LogP contribution in [0.15, 0.2) is 18.2 Å². The van der Waals surface area contributed by atoms with Crippen LogP contribution in [0, 0.1) is 0 Å². The highest BCUT2D eigenvalue weighted by molar-refractivity contribution is 5.82. The first-order valence-corrected chi connectivity index (χ1v) is 8.77. The molecule has 24 heavy (non-hydrogen) atoms. The Kier molecular flexibility index (Phi) is 5.35. The number of rotatable bonds is 6. The van der Waals surface area contributed by atoms with Gasteiger partial charge in [0.15, 0.2) is 0 Å². The minimum atomic E-state index is 0.151. The number of piperidine rings is 1. The van der Waals surface area contributed by atoms with Gasteiger partial charge in [0.1, 0.15) is 11.9 Å². The van der Waals surface area contributed by atoms with Gasteiger partial charge in [-0.25, -0.2) is 0 Å². The van der Waals surface area contributed by atoms with Gasteiger partial charge < -0.3 is 15.0 Å². The van der Waals surface area contributed by atoms with Crippen molar-refractivity contribution in [2.45, 2.75) is 39.2 Å². The van der Waals surface area contributed by atoms with E-state index in [0.717, 1.165) is 67.8 Å². The molecule has 1 aliphatic rings. The highest BCUT2D eigenvalue weighted by Crippen LogP contribution is 2.25. The largest absolute Gasteiger partial charge is 0.490 e. The van der Waals surface area contributed by atoms with Crippen molar-refractivity contribution in [3.05, 3.63) is 23.9 Å². The Morgan fingerprint density at radius 2 is 2.21 bits per heavy atom. The van der Waals surface area contributed by atoms with Crippen molar-refractivity contribution in [1.82, 2.24) is 20.4 Å². The van der Waals surface area contributed by atoms with Crippen molar-refractivity contribution >= 4 is 16.8 Å². The van der Waals surface area contributed by atoms with Crippen LogP contribution >= 0.6 is 0 Å². The van der Waals surface area contributed by atoms with Gasteiger partial charge in [0.05, 0.1) is 5.52 Å². The van der Waals surface area contributed by atoms with Crippen LogP contribution in [0.25, 0.3) is 10.9 Å². The highest BCUT2D eigenvalue weighted by atomic mass is 16.5. The first-order chi connectivity index (χ1) is 11.7. The number of carbonyl (C=O) groups is 1. The fourth-order valence-corrected chi connectivity index (χ4v) is 3.18. The first-order valence-electron chi connectivity index (χ1n) is 8.77. The summed E-state index contributed by atoms with van der Waals surface area (Å²) in [6.07, 6.45) is 2.87. The van der Waals surface area contributed by atoms with Crippen LogP contribution in [0.5, 0.6) is 5.75 Å². The number of hydrogen-bond donors (Lipinski definition) is 2. The van der Waals surface area contributed by atoms with Crippen molar-refractivity contribution in [2.75, 3.05) is 26.2 Å². The van der Waals surface area contributed by atoms with E-state index in [1.54, 1.807) is 6.92 Å². The summed E-state index contributed by atoms with van der Waals surface area (Å²) in [6.45, 7) is 7.20. The smallest absolute Gasteiger partial charge is 0.219 e. The van der Waals surface area contributed by atoms with Gasteiger partial charge in [-0.3, -0.25) is 9.89 Å². The van der Waals surface area contributed by atoms with Crippen molar-refractivity contribution < 1.29 is 9.53 Å². The average molecular weight is 330 g/mol. The van der Waals surface area contributed by atoms with Crippen molar-refractivity contribution in [3.8, 4) is 5.75 Å². The van der Waals surface area contributed by atoms with E-state index >= 15 is 0 Å². The van der Waals surface area contributed by atoms with Crippen LogP contribution in [0.1, 0.15) is 32.4 Å². The Morgan fingerprint density at radius 1 is 1.42 bits per heavy atom. The van der Waals surface area contributed by atoms with Gasteiger partial charge in [0, 0.05) is 56.9 Å². The average Bonchev–Trinajstić information content (AvgIpc) is 2.98. The minimum Gasteiger partial charge on any atom is -0.490 e. The summed E-state index contributed by atoms with van der Waals surface area (Å²) in [5.74, 6) is 1.04. The van der Waals surface area contributed by atoms with Crippen LogP contribution < -0.4 is 10.1 Å². The van der Waals surface area contributed by atoms with E-state index in [0.29, 0.717) is 0 Å². The number of fused-ring (bicyclic) bond motifs is 1. The molecule has 0 radical (unpaired) electrons. The lowest BCUT2D eigenvalue weighted by atomic mass is 10.1. The van der Waals surface area contributed by atoms with Crippen LogP contribution in [-0.2, 0) is 11.2 Å². The first kappa shape index (κ1) is 16.8. The standard InChI is InChI=1S/C18H26N4O2/c1-3-19-9-6-18-16-12-15(4-5-17(16)20-21-18)24-14-7-10-22(11-8-14)13(2)23/h4-5,12,14,19H,3,6-11H2,1-2H3,(H,20,21). The molecule has 0 spiro atoms. The molecule has 1 aromatic heterocycles. The summed E-state index contributed by atoms with van der Waals surface area (Å²) >= 11 is 0. The summed E-state index contributed by atoms with van der Waals surface area (Å²) in [7, 11) is 0. The summed E-state index contributed by atoms with van der Waals surface area (Å²) in [4.78, 5) is 13.3. The molecule has 6 nitrogen and oxygen atoms in total. The molecule has 1 aromatic carbocycles. The van der Waals surface area contributed by atoms with Crippen LogP contribution in [0.3, 0.4) is 0 Å². The Morgan fingerprint density at radius 3 is 2.92 bits per heavy atom. The van der Waals surface area contributed by atoms with E-state index in [4.69, 9.17) is 4.74 Å². The summed E-state index contributed by atoms with van der Waals surface area (Å²) in [5.41, 5.74) is 2.11. The van der Waals surface area contributed by atoms with Gasteiger partial charge in [-0.05, 0) is 24.7 Å². The Balaban J connectivity index is 1.65. The summed E-state index contributed by atoms with van der Waals surface area (Å²) < 4.78 is 6.15. The predicted molar refractivity (Wildman–Crippen MR) is 94.2 cm³/mol. The van der Waals surface area contributed by atoms with E-state index in [-0.39, 0.29) is 12.0 Å². The molecular weight excluding hydrogens is 304 g/mol. The quantitative estimate of drug-likeness (QED) is 0.796. The number of likely N-dealkylation sites (N-methyl/N-ethyl adjacent to an activating group) is 1. The Labute approximate surface area is 142 Å². The third kappa shape index (κ3) is 3.87. The lowest BCUT2D eigenvalue weighted by molar-refractivity contribution is -0.130. The zero-order valence-electron chi connectivity index (χ0n) is 14.5. The zero-order chi connectivity index (χ0) is 16.9. The fourth-order valence-electron chi connectivity index (χ4n) is 3.18. The number of carbonyl (C=O) groups excluding carboxylic acids is 1. The van der Waals surface area contributed by atoms with E-state index in [1.165, 1.54) is 0 Å². The number of H-pyrrole nitrogens is 1. The number of benzene rings is 1. The molecule has 6 heteroatoms. The fraction of sp³-hybridized carbons (Fsp3) is 0.556. The van der Waals surface area contributed by atoms with Gasteiger partial charge in [0.25, 0.3) is 0 Å². The molecule has 1 amide bonds. The molecule has 0 bridgehead atoms. The van der Waals surface area contributed by atoms with E-state index in [2.05, 4.69) is 28.5 Å². The van der Waals surface area contributed by atoms with E-state index in [9.17, 15) is 4.79 Å². The van der Waals surface area contributed by atoms with Crippen molar-refractivity contribution in [1.29, 1.82) is 0 Å². The number of aromatic amines is 1. The number of ether oxygens (including phenoxy) is 1. The Hall–Kier alpha value is -2.08. The molecular formula is C18H26N4O2. The van der Waals surface area contributed by atoms with E-state index in [1.807, 2.05) is 17.0 Å². The second kappa shape index (κ2) is 7.66. The van der Waals surface area contributed by atoms with Crippen LogP contribution in [0.4, 0.5) is 0 Å². The van der Waals surface area contributed by atoms with Gasteiger partial charge >= 0.3 is 0 Å². The SMILES string of the molecule is CCNCCc1[nH]nc2ccc(OC3CCN(C(C)=O)CC3)cc12. The molecule has 2 aromatic rings. The molecule has 0 aliphatic carbocycles. The normalized spacial score (nSPS) is 15.8. The number of nitrogens with zero attached hydrogens (tertiary/aromatic N) is 2. The lowest BCUT2D eigenvalue weighted by Crippen LogP contribution is -2.40. The van der Waals surface area contributed by atoms with Gasteiger partial charge in [0.2, 0.25) is 5.91 Å². The Bertz CT molecular complexity index is 689. The highest BCUT2D eigenvalue weighted by Gasteiger charge is 2.22. The molecule has 3 rings (SSSR count). The summed E-state index contributed by atoms with van der Waals surface area (Å²) in [6, 6.07) is 6.06. The molecule has 1 aliphatic heterocycles. The van der Waals surface area contributed by atoms with Crippen LogP contribution in [0.2, 0.25) is 0 Å². The summed E-state index contributed by atoms with van der Waals surface area (Å²) in [5, 5.41) is 12.0. The minimum absolute atomic E-state index is 0.151. The maximum Gasteiger partial charge on any atom is 0.219 e. The molecule has 1 saturated heterocycles. The third-order valence-corrected chi connectivity index (χ3v) is 4.60. The molecule has 2 N–H and O–H groups in total. The second-order valence-electron chi connectivity index (χ2n) is 6.31. The van der Waals surface area contributed by atoms with Gasteiger partial charge in [-0.15, -0.1) is 0 Å². The number of nitrogens with one attached hydrogen (secondary N) is 2. The second-order valence-corrected chi connectivity index (χ2v) is 6.31.